The van der Waals surface area contributed by atoms with Crippen LogP contribution in [0.3, 0.4) is 0 Å². The Hall–Kier alpha value is -3.40. The summed E-state index contributed by atoms with van der Waals surface area (Å²) >= 11 is 0. The Morgan fingerprint density at radius 3 is 2.38 bits per heavy atom. The molecule has 0 radical (unpaired) electrons. The highest BCUT2D eigenvalue weighted by Crippen LogP contribution is 2.40. The number of hydrogen-bond acceptors (Lipinski definition) is 8. The minimum Gasteiger partial charge on any atom is -0.494 e. The number of benzene rings is 1. The topological polar surface area (TPSA) is 107 Å². The van der Waals surface area contributed by atoms with E-state index >= 15 is 0 Å². The zero-order valence-corrected chi connectivity index (χ0v) is 25.3. The minimum atomic E-state index is -0.248. The van der Waals surface area contributed by atoms with Crippen molar-refractivity contribution in [2.75, 3.05) is 38.3 Å². The summed E-state index contributed by atoms with van der Waals surface area (Å²) in [7, 11) is 1.68. The van der Waals surface area contributed by atoms with Crippen LogP contribution in [0.15, 0.2) is 12.1 Å². The van der Waals surface area contributed by atoms with Gasteiger partial charge in [0.1, 0.15) is 12.3 Å². The molecule has 0 amide bonds. The summed E-state index contributed by atoms with van der Waals surface area (Å²) in [4.78, 5) is 16.0. The molecule has 10 heteroatoms. The largest absolute Gasteiger partial charge is 0.494 e. The molecule has 1 aliphatic heterocycles. The number of aryl methyl sites for hydroxylation is 1. The average molecular weight is 553 g/mol. The van der Waals surface area contributed by atoms with Crippen LogP contribution >= 0.6 is 0 Å². The number of nitrogens with zero attached hydrogens (tertiary/aromatic N) is 5. The van der Waals surface area contributed by atoms with Crippen molar-refractivity contribution in [2.45, 2.75) is 85.8 Å². The average Bonchev–Trinajstić information content (AvgIpc) is 3.25. The highest BCUT2D eigenvalue weighted by atomic mass is 16.5. The van der Waals surface area contributed by atoms with Crippen molar-refractivity contribution in [3.05, 3.63) is 40.0 Å². The van der Waals surface area contributed by atoms with E-state index in [1.165, 1.54) is 9.20 Å². The highest BCUT2D eigenvalue weighted by Gasteiger charge is 2.28. The number of Topliss-reactive ketones (excluding diaryl/α,β-unsaturated/α-hetero) is 1. The molecule has 0 bridgehead atoms. The summed E-state index contributed by atoms with van der Waals surface area (Å²) in [5, 5.41) is 18.2. The van der Waals surface area contributed by atoms with Crippen molar-refractivity contribution in [1.82, 2.24) is 19.4 Å². The number of carbonyl (C=O) groups excluding carboxylic acids is 1. The van der Waals surface area contributed by atoms with E-state index in [4.69, 9.17) is 19.6 Å². The molecule has 1 N–H and O–H groups in total. The zero-order chi connectivity index (χ0) is 29.2. The Kier molecular flexibility index (Phi) is 8.87. The van der Waals surface area contributed by atoms with Gasteiger partial charge in [-0.3, -0.25) is 10.2 Å². The third kappa shape index (κ3) is 5.73. The first-order valence-electron chi connectivity index (χ1n) is 14.3. The summed E-state index contributed by atoms with van der Waals surface area (Å²) in [5.41, 5.74) is 4.64. The standard InChI is InChI=1S/C30H44N6O4/c1-9-21(10-2)40-28-22(11-3)19(4)27-32-35(29(31)36(27)33-28)18-25(37)20-16-23(30(5,6)7)26(38-8)24(17-20)34-12-14-39-15-13-34/h16-17,21,31H,9-15,18H2,1-8H3. The van der Waals surface area contributed by atoms with Gasteiger partial charge in [-0.1, -0.05) is 41.5 Å². The van der Waals surface area contributed by atoms with Crippen molar-refractivity contribution >= 4 is 17.1 Å². The maximum atomic E-state index is 13.8. The molecule has 218 valence electrons. The number of aromatic nitrogens is 4. The van der Waals surface area contributed by atoms with Gasteiger partial charge in [0, 0.05) is 35.3 Å². The normalized spacial score (nSPS) is 14.3. The van der Waals surface area contributed by atoms with Crippen LogP contribution < -0.4 is 20.0 Å². The van der Waals surface area contributed by atoms with Crippen molar-refractivity contribution < 1.29 is 19.0 Å². The molecule has 40 heavy (non-hydrogen) atoms. The van der Waals surface area contributed by atoms with Crippen molar-refractivity contribution in [1.29, 1.82) is 5.41 Å². The lowest BCUT2D eigenvalue weighted by Crippen LogP contribution is -2.37. The number of ether oxygens (including phenoxy) is 3. The summed E-state index contributed by atoms with van der Waals surface area (Å²) in [6, 6.07) is 3.83. The number of carbonyl (C=O) groups is 1. The summed E-state index contributed by atoms with van der Waals surface area (Å²) in [6.07, 6.45) is 2.52. The van der Waals surface area contributed by atoms with Crippen LogP contribution in [-0.4, -0.2) is 64.7 Å². The Morgan fingerprint density at radius 2 is 1.80 bits per heavy atom. The number of methoxy groups -OCH3 is 1. The van der Waals surface area contributed by atoms with Crippen LogP contribution in [0.2, 0.25) is 0 Å². The Bertz CT molecular complexity index is 1420. The van der Waals surface area contributed by atoms with Gasteiger partial charge in [0.25, 0.3) is 0 Å². The van der Waals surface area contributed by atoms with Gasteiger partial charge in [0.15, 0.2) is 11.4 Å². The maximum Gasteiger partial charge on any atom is 0.242 e. The summed E-state index contributed by atoms with van der Waals surface area (Å²) in [5.74, 6) is 1.18. The number of ketones is 1. The fraction of sp³-hybridized carbons (Fsp3) is 0.600. The van der Waals surface area contributed by atoms with Crippen LogP contribution in [0, 0.1) is 12.3 Å². The molecule has 2 aromatic heterocycles. The second-order valence-electron chi connectivity index (χ2n) is 11.4. The zero-order valence-electron chi connectivity index (χ0n) is 25.3. The molecule has 4 rings (SSSR count). The van der Waals surface area contributed by atoms with E-state index in [1.54, 1.807) is 7.11 Å². The van der Waals surface area contributed by atoms with Gasteiger partial charge in [-0.15, -0.1) is 10.2 Å². The molecular formula is C30H44N6O4. The lowest BCUT2D eigenvalue weighted by atomic mass is 9.84. The smallest absolute Gasteiger partial charge is 0.242 e. The molecule has 0 aliphatic carbocycles. The van der Waals surface area contributed by atoms with E-state index < -0.39 is 0 Å². The molecule has 3 heterocycles. The first-order chi connectivity index (χ1) is 19.0. The summed E-state index contributed by atoms with van der Waals surface area (Å²) < 4.78 is 20.6. The van der Waals surface area contributed by atoms with Gasteiger partial charge >= 0.3 is 0 Å². The van der Waals surface area contributed by atoms with Crippen molar-refractivity contribution in [3.63, 3.8) is 0 Å². The van der Waals surface area contributed by atoms with Crippen LogP contribution in [0.25, 0.3) is 5.65 Å². The van der Waals surface area contributed by atoms with Crippen LogP contribution in [0.1, 0.15) is 81.4 Å². The first kappa shape index (κ1) is 29.6. The van der Waals surface area contributed by atoms with Crippen molar-refractivity contribution in [2.24, 2.45) is 0 Å². The fourth-order valence-electron chi connectivity index (χ4n) is 5.24. The van der Waals surface area contributed by atoms with E-state index in [0.29, 0.717) is 30.3 Å². The van der Waals surface area contributed by atoms with Crippen LogP contribution in [-0.2, 0) is 23.1 Å². The van der Waals surface area contributed by atoms with E-state index in [-0.39, 0.29) is 29.5 Å². The molecule has 0 spiro atoms. The Morgan fingerprint density at radius 1 is 1.12 bits per heavy atom. The molecule has 1 saturated heterocycles. The maximum absolute atomic E-state index is 13.8. The Labute approximate surface area is 236 Å². The van der Waals surface area contributed by atoms with Gasteiger partial charge in [0.2, 0.25) is 11.5 Å². The number of fused-ring (bicyclic) bond motifs is 1. The molecule has 0 atom stereocenters. The van der Waals surface area contributed by atoms with E-state index in [9.17, 15) is 4.79 Å². The molecule has 3 aromatic rings. The first-order valence-corrected chi connectivity index (χ1v) is 14.3. The number of hydrogen-bond donors (Lipinski definition) is 1. The molecule has 1 aliphatic rings. The molecule has 10 nitrogen and oxygen atoms in total. The van der Waals surface area contributed by atoms with Gasteiger partial charge in [-0.2, -0.15) is 4.52 Å². The fourth-order valence-corrected chi connectivity index (χ4v) is 5.24. The van der Waals surface area contributed by atoms with Gasteiger partial charge in [-0.05, 0) is 43.7 Å². The van der Waals surface area contributed by atoms with Crippen molar-refractivity contribution in [3.8, 4) is 11.6 Å². The van der Waals surface area contributed by atoms with E-state index in [2.05, 4.69) is 56.6 Å². The van der Waals surface area contributed by atoms with Crippen LogP contribution in [0.5, 0.6) is 11.6 Å². The highest BCUT2D eigenvalue weighted by molar-refractivity contribution is 5.97. The second-order valence-corrected chi connectivity index (χ2v) is 11.4. The second kappa shape index (κ2) is 12.0. The predicted octanol–water partition coefficient (Wildman–Crippen LogP) is 4.47. The number of anilines is 1. The molecule has 1 aromatic carbocycles. The molecule has 0 saturated carbocycles. The van der Waals surface area contributed by atoms with E-state index in [0.717, 1.165) is 60.5 Å². The number of nitrogens with one attached hydrogen (secondary N) is 1. The van der Waals surface area contributed by atoms with Gasteiger partial charge in [-0.25, -0.2) is 4.68 Å². The molecule has 1 fully saturated rings. The predicted molar refractivity (Wildman–Crippen MR) is 155 cm³/mol. The molecule has 0 unspecified atom stereocenters. The minimum absolute atomic E-state index is 0.0291. The monoisotopic (exact) mass is 552 g/mol. The number of rotatable bonds is 10. The summed E-state index contributed by atoms with van der Waals surface area (Å²) in [6.45, 7) is 17.2. The SMILES string of the molecule is CCc1c(OC(CC)CC)nn2c(=N)n(CC(=O)c3cc(N4CCOCC4)c(OC)c(C(C)(C)C)c3)nc2c1C. The third-order valence-corrected chi connectivity index (χ3v) is 7.69. The van der Waals surface area contributed by atoms with E-state index in [1.807, 2.05) is 19.1 Å². The third-order valence-electron chi connectivity index (χ3n) is 7.69. The lowest BCUT2D eigenvalue weighted by molar-refractivity contribution is 0.0965. The molecular weight excluding hydrogens is 508 g/mol. The number of morpholine rings is 1. The quantitative estimate of drug-likeness (QED) is 0.370. The van der Waals surface area contributed by atoms with Gasteiger partial charge in [0.05, 0.1) is 32.1 Å². The lowest BCUT2D eigenvalue weighted by Gasteiger charge is -2.33. The van der Waals surface area contributed by atoms with Crippen LogP contribution in [0.4, 0.5) is 5.69 Å². The van der Waals surface area contributed by atoms with Gasteiger partial charge < -0.3 is 19.1 Å². The Balaban J connectivity index is 1.76.